The van der Waals surface area contributed by atoms with Crippen molar-refractivity contribution < 1.29 is 43.2 Å². The fourth-order valence-electron chi connectivity index (χ4n) is 6.53. The third-order valence-electron chi connectivity index (χ3n) is 9.85. The number of rotatable bonds is 6. The van der Waals surface area contributed by atoms with Gasteiger partial charge in [0.15, 0.2) is 5.72 Å². The number of aliphatic hydroxyl groups is 1. The number of nitrogens with zero attached hydrogens (tertiary/aromatic N) is 2. The Bertz CT molecular complexity index is 1520. The first-order valence-corrected chi connectivity index (χ1v) is 17.3. The van der Waals surface area contributed by atoms with Crippen molar-refractivity contribution in [1.82, 2.24) is 10.2 Å². The second-order valence-corrected chi connectivity index (χ2v) is 14.3. The van der Waals surface area contributed by atoms with Crippen LogP contribution in [-0.4, -0.2) is 103 Å². The van der Waals surface area contributed by atoms with Crippen LogP contribution in [0.15, 0.2) is 35.9 Å². The molecule has 0 saturated carbocycles. The number of hydrogen-bond acceptors (Lipinski definition) is 10. The summed E-state index contributed by atoms with van der Waals surface area (Å²) in [6, 6.07) is 2.85. The average molecular weight is 722 g/mol. The Morgan fingerprint density at radius 2 is 1.98 bits per heavy atom. The third kappa shape index (κ3) is 8.45. The van der Waals surface area contributed by atoms with Gasteiger partial charge in [0.25, 0.3) is 0 Å². The van der Waals surface area contributed by atoms with Crippen molar-refractivity contribution in [2.75, 3.05) is 31.9 Å². The molecule has 0 aliphatic carbocycles. The number of benzene rings is 1. The van der Waals surface area contributed by atoms with Gasteiger partial charge in [-0.25, -0.2) is 9.59 Å². The Balaban J connectivity index is 1.76. The number of carbonyl (C=O) groups is 4. The van der Waals surface area contributed by atoms with Gasteiger partial charge in [0, 0.05) is 40.0 Å². The first-order chi connectivity index (χ1) is 22.9. The first-order valence-electron chi connectivity index (χ1n) is 16.3. The zero-order valence-corrected chi connectivity index (χ0v) is 31.0. The first kappa shape index (κ1) is 38.7. The molecule has 3 amide bonds. The Morgan fingerprint density at radius 1 is 1.29 bits per heavy atom. The Kier molecular flexibility index (Phi) is 12.2. The van der Waals surface area contributed by atoms with Crippen molar-refractivity contribution in [1.29, 1.82) is 0 Å². The van der Waals surface area contributed by atoms with Gasteiger partial charge in [-0.05, 0) is 57.1 Å². The lowest BCUT2D eigenvalue weighted by molar-refractivity contribution is -0.161. The van der Waals surface area contributed by atoms with E-state index in [1.807, 2.05) is 32.1 Å². The van der Waals surface area contributed by atoms with Crippen molar-refractivity contribution in [3.63, 3.8) is 0 Å². The van der Waals surface area contributed by atoms with E-state index in [0.29, 0.717) is 22.9 Å². The van der Waals surface area contributed by atoms with Crippen molar-refractivity contribution in [2.45, 2.75) is 102 Å². The predicted molar refractivity (Wildman–Crippen MR) is 188 cm³/mol. The normalized spacial score (nSPS) is 32.8. The van der Waals surface area contributed by atoms with E-state index in [1.54, 1.807) is 40.0 Å². The van der Waals surface area contributed by atoms with Crippen LogP contribution in [0.4, 0.5) is 10.5 Å². The van der Waals surface area contributed by atoms with Crippen molar-refractivity contribution in [3.05, 3.63) is 52.1 Å². The summed E-state index contributed by atoms with van der Waals surface area (Å²) in [6.07, 6.45) is 1.39. The highest BCUT2D eigenvalue weighted by Crippen LogP contribution is 2.49. The summed E-state index contributed by atoms with van der Waals surface area (Å²) in [5.41, 5.74) is 0.185. The molecule has 3 aliphatic heterocycles. The largest absolute Gasteiger partial charge is 0.457 e. The van der Waals surface area contributed by atoms with Gasteiger partial charge < -0.3 is 33.9 Å². The van der Waals surface area contributed by atoms with Gasteiger partial charge >= 0.3 is 12.1 Å². The molecule has 12 nitrogen and oxygen atoms in total. The molecule has 3 heterocycles. The monoisotopic (exact) mass is 721 g/mol. The lowest BCUT2D eigenvalue weighted by atomic mass is 9.83. The molecule has 0 aromatic heterocycles. The third-order valence-corrected chi connectivity index (χ3v) is 10.6. The van der Waals surface area contributed by atoms with Crippen LogP contribution in [0.3, 0.4) is 0 Å². The van der Waals surface area contributed by atoms with Gasteiger partial charge in [0.05, 0.1) is 23.2 Å². The van der Waals surface area contributed by atoms with Gasteiger partial charge in [-0.2, -0.15) is 12.6 Å². The Morgan fingerprint density at radius 3 is 2.63 bits per heavy atom. The number of likely N-dealkylation sites (N-methyl/N-ethyl adjacent to an activating group) is 1. The van der Waals surface area contributed by atoms with Crippen LogP contribution in [0.5, 0.6) is 0 Å². The van der Waals surface area contributed by atoms with Crippen LogP contribution in [0.1, 0.15) is 58.1 Å². The van der Waals surface area contributed by atoms with Gasteiger partial charge in [0.2, 0.25) is 11.8 Å². The van der Waals surface area contributed by atoms with E-state index in [1.165, 1.54) is 24.0 Å². The Labute approximate surface area is 298 Å². The highest BCUT2D eigenvalue weighted by Gasteiger charge is 2.64. The fourth-order valence-corrected chi connectivity index (χ4v) is 6.95. The van der Waals surface area contributed by atoms with Crippen molar-refractivity contribution in [2.24, 2.45) is 5.92 Å². The number of epoxide rings is 1. The van der Waals surface area contributed by atoms with E-state index in [0.717, 1.165) is 16.7 Å². The number of ether oxygens (including phenoxy) is 4. The van der Waals surface area contributed by atoms with Crippen LogP contribution in [-0.2, 0) is 39.8 Å². The maximum absolute atomic E-state index is 14.0. The number of carbonyl (C=O) groups excluding carboxylic acids is 4. The van der Waals surface area contributed by atoms with Crippen LogP contribution in [0.2, 0.25) is 5.02 Å². The van der Waals surface area contributed by atoms with E-state index in [4.69, 9.17) is 30.5 Å². The molecule has 1 unspecified atom stereocenters. The number of allylic oxidation sites excluding steroid dienone is 3. The van der Waals surface area contributed by atoms with Crippen LogP contribution < -0.4 is 10.2 Å². The molecule has 4 bridgehead atoms. The second-order valence-electron chi connectivity index (χ2n) is 13.5. The SMILES string of the molecule is CO[C@@H]1/C=C/C=C(\C)Cc2cc(C)c(Cl)c(c2)N(C)C(=O)CC(OC(=O)[C@H](C)N(C)C(=O)CCS)[C@]2(C)O[C@H]2[C@H](C)[C@@H]2C[C@@]1(O)NC(=O)O2. The lowest BCUT2D eigenvalue weighted by Gasteiger charge is -2.42. The van der Waals surface area contributed by atoms with Gasteiger partial charge in [-0.15, -0.1) is 0 Å². The molecule has 2 saturated heterocycles. The number of amides is 3. The van der Waals surface area contributed by atoms with Crippen molar-refractivity contribution in [3.8, 4) is 0 Å². The van der Waals surface area contributed by atoms with Crippen LogP contribution >= 0.6 is 24.2 Å². The molecule has 4 rings (SSSR count). The number of nitrogens with one attached hydrogen (secondary N) is 1. The highest BCUT2D eigenvalue weighted by atomic mass is 35.5. The highest BCUT2D eigenvalue weighted by molar-refractivity contribution is 7.80. The maximum Gasteiger partial charge on any atom is 0.409 e. The maximum atomic E-state index is 14.0. The summed E-state index contributed by atoms with van der Waals surface area (Å²) >= 11 is 10.9. The number of anilines is 1. The van der Waals surface area contributed by atoms with Gasteiger partial charge in [0.1, 0.15) is 30.0 Å². The minimum atomic E-state index is -1.80. The topological polar surface area (TPSA) is 147 Å². The quantitative estimate of drug-likeness (QED) is 0.224. The fraction of sp³-hybridized carbons (Fsp3) is 0.600. The summed E-state index contributed by atoms with van der Waals surface area (Å²) in [4.78, 5) is 55.6. The molecule has 0 radical (unpaired) electrons. The molecule has 0 spiro atoms. The van der Waals surface area contributed by atoms with Crippen LogP contribution in [0.25, 0.3) is 0 Å². The zero-order valence-electron chi connectivity index (χ0n) is 29.3. The van der Waals surface area contributed by atoms with E-state index in [9.17, 15) is 24.3 Å². The summed E-state index contributed by atoms with van der Waals surface area (Å²) in [5, 5.41) is 14.6. The van der Waals surface area contributed by atoms with Crippen LogP contribution in [0, 0.1) is 12.8 Å². The zero-order chi connectivity index (χ0) is 36.4. The number of esters is 1. The molecule has 2 N–H and O–H groups in total. The minimum absolute atomic E-state index is 0.0355. The number of thiol groups is 1. The number of aryl methyl sites for hydroxylation is 1. The van der Waals surface area contributed by atoms with Gasteiger partial charge in [-0.1, -0.05) is 48.4 Å². The molecule has 270 valence electrons. The summed E-state index contributed by atoms with van der Waals surface area (Å²) in [7, 11) is 4.56. The summed E-state index contributed by atoms with van der Waals surface area (Å²) in [6.45, 7) is 8.89. The molecule has 2 fully saturated rings. The molecule has 1 aromatic rings. The number of hydrogen-bond donors (Lipinski definition) is 3. The minimum Gasteiger partial charge on any atom is -0.457 e. The smallest absolute Gasteiger partial charge is 0.409 e. The lowest BCUT2D eigenvalue weighted by Crippen LogP contribution is -2.63. The van der Waals surface area contributed by atoms with Gasteiger partial charge in [-0.3, -0.25) is 14.9 Å². The average Bonchev–Trinajstić information content (AvgIpc) is 3.74. The number of halogens is 1. The summed E-state index contributed by atoms with van der Waals surface area (Å²) < 4.78 is 23.5. The molecular formula is C35H48ClN3O9S. The van der Waals surface area contributed by atoms with Crippen molar-refractivity contribution >= 4 is 53.8 Å². The summed E-state index contributed by atoms with van der Waals surface area (Å²) in [5.74, 6) is -1.57. The van der Waals surface area contributed by atoms with E-state index in [-0.39, 0.29) is 31.1 Å². The molecule has 1 aromatic carbocycles. The number of alkyl carbamates (subject to hydrolysis) is 1. The predicted octanol–water partition coefficient (Wildman–Crippen LogP) is 4.13. The van der Waals surface area contributed by atoms with E-state index < -0.39 is 59.8 Å². The molecule has 8 atom stereocenters. The molecule has 3 aliphatic rings. The van der Waals surface area contributed by atoms with E-state index >= 15 is 0 Å². The molecule has 14 heteroatoms. The molecular weight excluding hydrogens is 674 g/mol. The number of fused-ring (bicyclic) bond motifs is 5. The number of methoxy groups -OCH3 is 1. The molecule has 49 heavy (non-hydrogen) atoms. The standard InChI is InChI=1S/C35H48ClN3O9S/c1-19-10-9-11-26(45-8)35(44)18-25(46-33(43)37-35)21(3)31-34(5,48-31)27(47-32(42)22(4)38(6)28(40)12-13-49)17-29(41)39(7)24-16-23(14-19)15-20(2)30(24)36/h9-11,15-16,21-22,25-27,31,44,49H,12-14,17-18H2,1-8H3,(H,37,43)/b11-9+,19-10+/t21-,22+,25+,26-,27?,31+,34+,35+/m1/s1. The second kappa shape index (κ2) is 15.4. The van der Waals surface area contributed by atoms with E-state index in [2.05, 4.69) is 17.9 Å². The Hall–Kier alpha value is -3.10.